The Hall–Kier alpha value is -3.81. The molecule has 0 unspecified atom stereocenters. The largest absolute Gasteiger partial charge is 0.497 e. The van der Waals surface area contributed by atoms with Crippen molar-refractivity contribution in [2.45, 2.75) is 52.1 Å². The van der Waals surface area contributed by atoms with Crippen molar-refractivity contribution in [3.8, 4) is 11.4 Å². The molecule has 0 atom stereocenters. The minimum atomic E-state index is -0.540. The second-order valence-electron chi connectivity index (χ2n) is 10.1. The van der Waals surface area contributed by atoms with Gasteiger partial charge in [-0.05, 0) is 76.9 Å². The Balaban J connectivity index is 1.61. The molecule has 2 heterocycles. The Morgan fingerprint density at radius 1 is 1.00 bits per heavy atom. The SMILES string of the molecule is COc1ccc(-n2ncc(C(=O)Nc3ccc(C)cc3)c2C2CCN(C(=O)OC(C)(C)C)CC2)cc1. The van der Waals surface area contributed by atoms with Gasteiger partial charge in [-0.25, -0.2) is 9.48 Å². The van der Waals surface area contributed by atoms with Crippen molar-refractivity contribution in [1.82, 2.24) is 14.7 Å². The van der Waals surface area contributed by atoms with Crippen LogP contribution in [-0.2, 0) is 4.74 Å². The Morgan fingerprint density at radius 3 is 2.22 bits per heavy atom. The second-order valence-corrected chi connectivity index (χ2v) is 10.1. The van der Waals surface area contributed by atoms with E-state index in [1.165, 1.54) is 0 Å². The summed E-state index contributed by atoms with van der Waals surface area (Å²) in [6, 6.07) is 15.3. The first-order chi connectivity index (χ1) is 17.1. The lowest BCUT2D eigenvalue weighted by Crippen LogP contribution is -2.41. The lowest BCUT2D eigenvalue weighted by Gasteiger charge is -2.34. The number of hydrogen-bond acceptors (Lipinski definition) is 5. The van der Waals surface area contributed by atoms with Crippen LogP contribution in [0.5, 0.6) is 5.75 Å². The first kappa shape index (κ1) is 25.3. The maximum absolute atomic E-state index is 13.4. The summed E-state index contributed by atoms with van der Waals surface area (Å²) in [6.45, 7) is 8.70. The van der Waals surface area contributed by atoms with E-state index in [2.05, 4.69) is 10.4 Å². The van der Waals surface area contributed by atoms with Gasteiger partial charge in [-0.3, -0.25) is 4.79 Å². The maximum Gasteiger partial charge on any atom is 0.410 e. The number of amides is 2. The molecule has 4 rings (SSSR count). The summed E-state index contributed by atoms with van der Waals surface area (Å²) in [4.78, 5) is 27.7. The van der Waals surface area contributed by atoms with Gasteiger partial charge < -0.3 is 19.7 Å². The topological polar surface area (TPSA) is 85.7 Å². The molecule has 0 aliphatic carbocycles. The standard InChI is InChI=1S/C28H34N4O4/c1-19-6-8-21(9-7-19)30-26(33)24-18-29-32(22-10-12-23(35-5)13-11-22)25(24)20-14-16-31(17-15-20)27(34)36-28(2,3)4/h6-13,18,20H,14-17H2,1-5H3,(H,30,33). The van der Waals surface area contributed by atoms with Crippen molar-refractivity contribution >= 4 is 17.7 Å². The fourth-order valence-electron chi connectivity index (χ4n) is 4.35. The number of aryl methyl sites for hydroxylation is 1. The van der Waals surface area contributed by atoms with Crippen molar-refractivity contribution in [3.05, 3.63) is 71.5 Å². The molecule has 0 spiro atoms. The monoisotopic (exact) mass is 490 g/mol. The molecule has 8 nitrogen and oxygen atoms in total. The van der Waals surface area contributed by atoms with E-state index in [-0.39, 0.29) is 17.9 Å². The highest BCUT2D eigenvalue weighted by atomic mass is 16.6. The molecule has 8 heteroatoms. The minimum absolute atomic E-state index is 0.0482. The Kier molecular flexibility index (Phi) is 7.33. The maximum atomic E-state index is 13.4. The van der Waals surface area contributed by atoms with Gasteiger partial charge in [0.25, 0.3) is 5.91 Å². The highest BCUT2D eigenvalue weighted by molar-refractivity contribution is 6.05. The Labute approximate surface area is 212 Å². The third-order valence-corrected chi connectivity index (χ3v) is 6.21. The van der Waals surface area contributed by atoms with Crippen LogP contribution in [0.25, 0.3) is 5.69 Å². The molecule has 0 saturated carbocycles. The highest BCUT2D eigenvalue weighted by Crippen LogP contribution is 2.33. The van der Waals surface area contributed by atoms with E-state index in [0.717, 1.165) is 28.4 Å². The predicted molar refractivity (Wildman–Crippen MR) is 139 cm³/mol. The summed E-state index contributed by atoms with van der Waals surface area (Å²) in [7, 11) is 1.63. The summed E-state index contributed by atoms with van der Waals surface area (Å²) in [5, 5.41) is 7.61. The van der Waals surface area contributed by atoms with Crippen LogP contribution in [0.3, 0.4) is 0 Å². The number of hydrogen-bond donors (Lipinski definition) is 1. The number of nitrogens with one attached hydrogen (secondary N) is 1. The van der Waals surface area contributed by atoms with Gasteiger partial charge >= 0.3 is 6.09 Å². The zero-order valence-corrected chi connectivity index (χ0v) is 21.6. The van der Waals surface area contributed by atoms with E-state index in [1.54, 1.807) is 18.2 Å². The zero-order valence-electron chi connectivity index (χ0n) is 21.6. The quantitative estimate of drug-likeness (QED) is 0.506. The van der Waals surface area contributed by atoms with Crippen LogP contribution in [0.4, 0.5) is 10.5 Å². The minimum Gasteiger partial charge on any atom is -0.497 e. The molecule has 1 aliphatic heterocycles. The zero-order chi connectivity index (χ0) is 25.9. The second kappa shape index (κ2) is 10.4. The number of benzene rings is 2. The van der Waals surface area contributed by atoms with Crippen molar-refractivity contribution in [1.29, 1.82) is 0 Å². The summed E-state index contributed by atoms with van der Waals surface area (Å²) in [5.41, 5.74) is 3.53. The molecule has 2 aromatic carbocycles. The van der Waals surface area contributed by atoms with Crippen LogP contribution in [0.1, 0.15) is 61.1 Å². The molecule has 2 amide bonds. The molecular weight excluding hydrogens is 456 g/mol. The third kappa shape index (κ3) is 5.87. The number of likely N-dealkylation sites (tertiary alicyclic amines) is 1. The number of carbonyl (C=O) groups excluding carboxylic acids is 2. The van der Waals surface area contributed by atoms with E-state index < -0.39 is 5.60 Å². The molecule has 1 saturated heterocycles. The smallest absolute Gasteiger partial charge is 0.410 e. The number of methoxy groups -OCH3 is 1. The summed E-state index contributed by atoms with van der Waals surface area (Å²) < 4.78 is 12.7. The number of aromatic nitrogens is 2. The van der Waals surface area contributed by atoms with Crippen LogP contribution in [0.2, 0.25) is 0 Å². The molecule has 190 valence electrons. The van der Waals surface area contributed by atoms with Gasteiger partial charge in [0.15, 0.2) is 0 Å². The van der Waals surface area contributed by atoms with E-state index in [9.17, 15) is 9.59 Å². The van der Waals surface area contributed by atoms with Gasteiger partial charge in [0.1, 0.15) is 11.4 Å². The lowest BCUT2D eigenvalue weighted by atomic mass is 9.90. The average molecular weight is 491 g/mol. The van der Waals surface area contributed by atoms with Gasteiger partial charge in [-0.1, -0.05) is 17.7 Å². The number of piperidine rings is 1. The Bertz CT molecular complexity index is 1200. The summed E-state index contributed by atoms with van der Waals surface area (Å²) in [5.74, 6) is 0.589. The van der Waals surface area contributed by atoms with E-state index in [4.69, 9.17) is 9.47 Å². The van der Waals surface area contributed by atoms with Crippen LogP contribution in [0, 0.1) is 6.92 Å². The highest BCUT2D eigenvalue weighted by Gasteiger charge is 2.32. The number of rotatable bonds is 5. The Morgan fingerprint density at radius 2 is 1.64 bits per heavy atom. The molecular formula is C28H34N4O4. The van der Waals surface area contributed by atoms with Crippen LogP contribution >= 0.6 is 0 Å². The molecule has 1 fully saturated rings. The predicted octanol–water partition coefficient (Wildman–Crippen LogP) is 5.56. The number of ether oxygens (including phenoxy) is 2. The van der Waals surface area contributed by atoms with E-state index in [1.807, 2.05) is 80.9 Å². The van der Waals surface area contributed by atoms with E-state index >= 15 is 0 Å². The molecule has 36 heavy (non-hydrogen) atoms. The lowest BCUT2D eigenvalue weighted by molar-refractivity contribution is 0.0203. The van der Waals surface area contributed by atoms with Crippen molar-refractivity contribution in [2.24, 2.45) is 0 Å². The molecule has 3 aromatic rings. The first-order valence-corrected chi connectivity index (χ1v) is 12.2. The summed E-state index contributed by atoms with van der Waals surface area (Å²) >= 11 is 0. The fraction of sp³-hybridized carbons (Fsp3) is 0.393. The van der Waals surface area contributed by atoms with Gasteiger partial charge in [-0.2, -0.15) is 5.10 Å². The molecule has 1 N–H and O–H groups in total. The van der Waals surface area contributed by atoms with Gasteiger partial charge in [-0.15, -0.1) is 0 Å². The van der Waals surface area contributed by atoms with Crippen molar-refractivity contribution in [3.63, 3.8) is 0 Å². The molecule has 1 aliphatic rings. The number of carbonyl (C=O) groups is 2. The van der Waals surface area contributed by atoms with Gasteiger partial charge in [0.2, 0.25) is 0 Å². The average Bonchev–Trinajstić information content (AvgIpc) is 3.30. The van der Waals surface area contributed by atoms with Gasteiger partial charge in [0, 0.05) is 24.7 Å². The first-order valence-electron chi connectivity index (χ1n) is 12.2. The van der Waals surface area contributed by atoms with E-state index in [0.29, 0.717) is 31.5 Å². The van der Waals surface area contributed by atoms with Crippen LogP contribution in [-0.4, -0.2) is 52.5 Å². The fourth-order valence-corrected chi connectivity index (χ4v) is 4.35. The van der Waals surface area contributed by atoms with Crippen LogP contribution in [0.15, 0.2) is 54.7 Å². The number of nitrogens with zero attached hydrogens (tertiary/aromatic N) is 3. The molecule has 1 aromatic heterocycles. The van der Waals surface area contributed by atoms with Crippen molar-refractivity contribution in [2.75, 3.05) is 25.5 Å². The third-order valence-electron chi connectivity index (χ3n) is 6.21. The molecule has 0 bridgehead atoms. The van der Waals surface area contributed by atoms with Crippen LogP contribution < -0.4 is 10.1 Å². The molecule has 0 radical (unpaired) electrons. The normalized spacial score (nSPS) is 14.4. The van der Waals surface area contributed by atoms with Gasteiger partial charge in [0.05, 0.1) is 30.3 Å². The van der Waals surface area contributed by atoms with Crippen molar-refractivity contribution < 1.29 is 19.1 Å². The summed E-state index contributed by atoms with van der Waals surface area (Å²) in [6.07, 6.45) is 2.73. The number of anilines is 1.